The quantitative estimate of drug-likeness (QED) is 0.0222. The summed E-state index contributed by atoms with van der Waals surface area (Å²) in [6.45, 7) is 9.53. The Labute approximate surface area is 575 Å². The number of carbonyl (C=O) groups is 4. The third-order valence-corrected chi connectivity index (χ3v) is 19.4. The van der Waals surface area contributed by atoms with Crippen molar-refractivity contribution in [1.82, 2.24) is 0 Å². The van der Waals surface area contributed by atoms with Crippen LogP contribution in [0.15, 0.2) is 0 Å². The average molecular weight is 1380 g/mol. The van der Waals surface area contributed by atoms with Crippen LogP contribution in [0.5, 0.6) is 0 Å². The molecule has 0 heterocycles. The highest BCUT2D eigenvalue weighted by Gasteiger charge is 2.30. The van der Waals surface area contributed by atoms with Gasteiger partial charge in [0, 0.05) is 25.7 Å². The van der Waals surface area contributed by atoms with Crippen LogP contribution >= 0.6 is 15.6 Å². The summed E-state index contributed by atoms with van der Waals surface area (Å²) in [6.07, 6.45) is 54.2. The van der Waals surface area contributed by atoms with Gasteiger partial charge in [-0.1, -0.05) is 337 Å². The Morgan fingerprint density at radius 3 is 0.723 bits per heavy atom. The molecule has 0 fully saturated rings. The molecule has 3 N–H and O–H groups in total. The van der Waals surface area contributed by atoms with Crippen LogP contribution < -0.4 is 0 Å². The number of aliphatic hydroxyl groups is 1. The fourth-order valence-electron chi connectivity index (χ4n) is 11.5. The zero-order valence-corrected chi connectivity index (χ0v) is 63.1. The molecule has 0 aromatic heterocycles. The minimum Gasteiger partial charge on any atom is -0.462 e. The van der Waals surface area contributed by atoms with Gasteiger partial charge in [-0.2, -0.15) is 0 Å². The maximum absolute atomic E-state index is 13.1. The van der Waals surface area contributed by atoms with Gasteiger partial charge in [0.05, 0.1) is 26.4 Å². The van der Waals surface area contributed by atoms with E-state index in [1.165, 1.54) is 199 Å². The molecule has 558 valence electrons. The Morgan fingerprint density at radius 1 is 0.287 bits per heavy atom. The second-order valence-electron chi connectivity index (χ2n) is 28.0. The number of esters is 4. The third-order valence-electron chi connectivity index (χ3n) is 17.5. The first kappa shape index (κ1) is 92.1. The number of rotatable bonds is 74. The molecule has 0 rings (SSSR count). The number of phosphoric ester groups is 2. The number of hydrogen-bond donors (Lipinski definition) is 3. The van der Waals surface area contributed by atoms with Crippen LogP contribution in [0.3, 0.4) is 0 Å². The van der Waals surface area contributed by atoms with Gasteiger partial charge in [-0.15, -0.1) is 0 Å². The topological polar surface area (TPSA) is 237 Å². The van der Waals surface area contributed by atoms with Crippen molar-refractivity contribution < 1.29 is 80.2 Å². The maximum atomic E-state index is 13.1. The van der Waals surface area contributed by atoms with E-state index in [1.807, 2.05) is 0 Å². The fraction of sp³-hybridized carbons (Fsp3) is 0.947. The zero-order chi connectivity index (χ0) is 69.3. The highest BCUT2D eigenvalue weighted by atomic mass is 31.2. The fourth-order valence-corrected chi connectivity index (χ4v) is 13.1. The lowest BCUT2D eigenvalue weighted by Crippen LogP contribution is -2.30. The van der Waals surface area contributed by atoms with Crippen LogP contribution in [0.25, 0.3) is 0 Å². The molecule has 0 amide bonds. The SMILES string of the molecule is CCCCCCCCCCCCCCCCCCCCCC(=O)O[C@H](COC(=O)CCCCCCCCCCCCCC(C)C)COP(=O)(O)OC[C@@H](O)COP(=O)(O)OC[C@@H](COC(=O)CCCCCCCCCC(C)C)OC(=O)CCCCCCCCCCCCC. The molecule has 0 aliphatic rings. The first-order chi connectivity index (χ1) is 45.4. The standard InChI is InChI=1S/C75H146O17P2/c1-7-9-11-13-15-17-19-20-21-22-23-24-25-26-30-35-41-48-54-60-75(80)91-70(63-85-72(77)57-51-45-39-33-31-27-29-32-37-43-49-55-67(3)4)65-89-93(81,82)87-61-69(76)62-88-94(83,84)90-66-71(64-86-73(78)58-52-46-42-36-38-44-50-56-68(5)6)92-74(79)59-53-47-40-34-28-18-16-14-12-10-8-2/h67-71,76H,7-66H2,1-6H3,(H,81,82)(H,83,84)/t69-,70-,71-/m1/s1. The molecule has 19 heteroatoms. The number of phosphoric acid groups is 2. The molecule has 0 aliphatic heterocycles. The third kappa shape index (κ3) is 68.6. The van der Waals surface area contributed by atoms with E-state index in [0.29, 0.717) is 31.6 Å². The average Bonchev–Trinajstić information content (AvgIpc) is 1.55. The number of carbonyl (C=O) groups excluding carboxylic acids is 4. The largest absolute Gasteiger partial charge is 0.472 e. The molecule has 0 aromatic carbocycles. The molecule has 0 saturated heterocycles. The summed E-state index contributed by atoms with van der Waals surface area (Å²) in [7, 11) is -9.91. The van der Waals surface area contributed by atoms with Gasteiger partial charge >= 0.3 is 39.5 Å². The predicted molar refractivity (Wildman–Crippen MR) is 381 cm³/mol. The van der Waals surface area contributed by atoms with Crippen molar-refractivity contribution in [3.05, 3.63) is 0 Å². The van der Waals surface area contributed by atoms with Crippen molar-refractivity contribution in [2.75, 3.05) is 39.6 Å². The smallest absolute Gasteiger partial charge is 0.462 e. The maximum Gasteiger partial charge on any atom is 0.472 e. The summed E-state index contributed by atoms with van der Waals surface area (Å²) in [5, 5.41) is 10.6. The van der Waals surface area contributed by atoms with E-state index in [2.05, 4.69) is 41.5 Å². The Kier molecular flexibility index (Phi) is 65.5. The van der Waals surface area contributed by atoms with E-state index in [9.17, 15) is 43.2 Å². The molecule has 94 heavy (non-hydrogen) atoms. The van der Waals surface area contributed by atoms with E-state index in [1.54, 1.807) is 0 Å². The van der Waals surface area contributed by atoms with Crippen molar-refractivity contribution >= 4 is 39.5 Å². The second kappa shape index (κ2) is 66.9. The monoisotopic (exact) mass is 1380 g/mol. The molecule has 0 spiro atoms. The first-order valence-corrected chi connectivity index (χ1v) is 42.0. The van der Waals surface area contributed by atoms with Crippen LogP contribution in [0.1, 0.15) is 388 Å². The summed E-state index contributed by atoms with van der Waals surface area (Å²) < 4.78 is 68.5. The van der Waals surface area contributed by atoms with Crippen LogP contribution in [0, 0.1) is 11.8 Å². The van der Waals surface area contributed by atoms with Gasteiger partial charge in [0.15, 0.2) is 12.2 Å². The minimum atomic E-state index is -4.96. The van der Waals surface area contributed by atoms with Crippen LogP contribution in [-0.2, 0) is 65.4 Å². The normalized spacial score (nSPS) is 14.0. The summed E-state index contributed by atoms with van der Waals surface area (Å²) >= 11 is 0. The van der Waals surface area contributed by atoms with Crippen molar-refractivity contribution in [2.45, 2.75) is 407 Å². The lowest BCUT2D eigenvalue weighted by molar-refractivity contribution is -0.161. The summed E-state index contributed by atoms with van der Waals surface area (Å²) in [5.74, 6) is -0.641. The molecular weight excluding hydrogens is 1230 g/mol. The van der Waals surface area contributed by atoms with E-state index in [4.69, 9.17) is 37.0 Å². The van der Waals surface area contributed by atoms with Crippen molar-refractivity contribution in [1.29, 1.82) is 0 Å². The van der Waals surface area contributed by atoms with Crippen LogP contribution in [-0.4, -0.2) is 96.7 Å². The highest BCUT2D eigenvalue weighted by Crippen LogP contribution is 2.45. The molecule has 0 aliphatic carbocycles. The molecule has 0 aromatic rings. The van der Waals surface area contributed by atoms with E-state index < -0.39 is 97.5 Å². The number of hydrogen-bond acceptors (Lipinski definition) is 15. The molecule has 0 radical (unpaired) electrons. The van der Waals surface area contributed by atoms with Crippen LogP contribution in [0.4, 0.5) is 0 Å². The Bertz CT molecular complexity index is 1820. The summed E-state index contributed by atoms with van der Waals surface area (Å²) in [5.41, 5.74) is 0. The molecular formula is C75H146O17P2. The highest BCUT2D eigenvalue weighted by molar-refractivity contribution is 7.47. The van der Waals surface area contributed by atoms with Gasteiger partial charge in [0.25, 0.3) is 0 Å². The Hall–Kier alpha value is -1.94. The molecule has 5 atom stereocenters. The van der Waals surface area contributed by atoms with Crippen LogP contribution in [0.2, 0.25) is 0 Å². The molecule has 0 bridgehead atoms. The molecule has 17 nitrogen and oxygen atoms in total. The Balaban J connectivity index is 5.22. The lowest BCUT2D eigenvalue weighted by Gasteiger charge is -2.21. The lowest BCUT2D eigenvalue weighted by atomic mass is 10.0. The summed E-state index contributed by atoms with van der Waals surface area (Å²) in [4.78, 5) is 72.7. The van der Waals surface area contributed by atoms with Gasteiger partial charge < -0.3 is 33.8 Å². The van der Waals surface area contributed by atoms with E-state index in [0.717, 1.165) is 102 Å². The number of aliphatic hydroxyl groups excluding tert-OH is 1. The van der Waals surface area contributed by atoms with Gasteiger partial charge in [0.1, 0.15) is 19.3 Å². The minimum absolute atomic E-state index is 0.106. The Morgan fingerprint density at radius 2 is 0.489 bits per heavy atom. The predicted octanol–water partition coefficient (Wildman–Crippen LogP) is 21.9. The van der Waals surface area contributed by atoms with Crippen molar-refractivity contribution in [2.24, 2.45) is 11.8 Å². The van der Waals surface area contributed by atoms with Crippen molar-refractivity contribution in [3.8, 4) is 0 Å². The van der Waals surface area contributed by atoms with E-state index >= 15 is 0 Å². The number of unbranched alkanes of at least 4 members (excludes halogenated alkanes) is 44. The van der Waals surface area contributed by atoms with Gasteiger partial charge in [0.2, 0.25) is 0 Å². The summed E-state index contributed by atoms with van der Waals surface area (Å²) in [6, 6.07) is 0. The van der Waals surface area contributed by atoms with Gasteiger partial charge in [-0.05, 0) is 37.5 Å². The van der Waals surface area contributed by atoms with E-state index in [-0.39, 0.29) is 25.7 Å². The number of ether oxygens (including phenoxy) is 4. The first-order valence-electron chi connectivity index (χ1n) is 39.0. The zero-order valence-electron chi connectivity index (χ0n) is 61.3. The molecule has 0 saturated carbocycles. The van der Waals surface area contributed by atoms with Gasteiger partial charge in [-0.25, -0.2) is 9.13 Å². The van der Waals surface area contributed by atoms with Gasteiger partial charge in [-0.3, -0.25) is 37.3 Å². The molecule has 2 unspecified atom stereocenters. The second-order valence-corrected chi connectivity index (χ2v) is 30.9. The van der Waals surface area contributed by atoms with Crippen molar-refractivity contribution in [3.63, 3.8) is 0 Å².